The summed E-state index contributed by atoms with van der Waals surface area (Å²) in [6.07, 6.45) is 0.144. The molecule has 1 aliphatic rings. The second-order valence-electron chi connectivity index (χ2n) is 4.53. The molecule has 0 radical (unpaired) electrons. The van der Waals surface area contributed by atoms with Crippen molar-refractivity contribution in [1.29, 1.82) is 0 Å². The van der Waals surface area contributed by atoms with E-state index in [0.29, 0.717) is 17.2 Å². The Morgan fingerprint density at radius 2 is 2.42 bits per heavy atom. The SMILES string of the molecule is CNCC1CN(c2ccc(C(N)=O)cc2Cl)CCO1. The number of carbonyl (C=O) groups excluding carboxylic acids is 1. The summed E-state index contributed by atoms with van der Waals surface area (Å²) in [5.41, 5.74) is 6.57. The van der Waals surface area contributed by atoms with Crippen LogP contribution in [0.1, 0.15) is 10.4 Å². The molecule has 19 heavy (non-hydrogen) atoms. The van der Waals surface area contributed by atoms with Crippen LogP contribution in [0.15, 0.2) is 18.2 Å². The van der Waals surface area contributed by atoms with Gasteiger partial charge >= 0.3 is 0 Å². The molecule has 0 aromatic heterocycles. The number of benzene rings is 1. The third-order valence-corrected chi connectivity index (χ3v) is 3.45. The second-order valence-corrected chi connectivity index (χ2v) is 4.93. The van der Waals surface area contributed by atoms with Crippen LogP contribution in [-0.4, -0.2) is 45.3 Å². The summed E-state index contributed by atoms with van der Waals surface area (Å²) in [7, 11) is 1.90. The van der Waals surface area contributed by atoms with Gasteiger partial charge in [-0.25, -0.2) is 0 Å². The van der Waals surface area contributed by atoms with Gasteiger partial charge in [0.1, 0.15) is 0 Å². The molecule has 1 aromatic rings. The minimum atomic E-state index is -0.469. The molecule has 0 bridgehead atoms. The van der Waals surface area contributed by atoms with Crippen LogP contribution in [0, 0.1) is 0 Å². The van der Waals surface area contributed by atoms with Gasteiger partial charge in [-0.2, -0.15) is 0 Å². The van der Waals surface area contributed by atoms with Crippen molar-refractivity contribution in [3.05, 3.63) is 28.8 Å². The number of nitrogens with zero attached hydrogens (tertiary/aromatic N) is 1. The Kier molecular flexibility index (Phi) is 4.63. The lowest BCUT2D eigenvalue weighted by Gasteiger charge is -2.35. The number of morpholine rings is 1. The molecule has 0 aliphatic carbocycles. The average Bonchev–Trinajstić information content (AvgIpc) is 2.39. The Bertz CT molecular complexity index is 465. The van der Waals surface area contributed by atoms with Gasteiger partial charge in [-0.15, -0.1) is 0 Å². The fraction of sp³-hybridized carbons (Fsp3) is 0.462. The third kappa shape index (κ3) is 3.37. The van der Waals surface area contributed by atoms with Crippen LogP contribution in [0.3, 0.4) is 0 Å². The van der Waals surface area contributed by atoms with Crippen LogP contribution < -0.4 is 16.0 Å². The van der Waals surface area contributed by atoms with Gasteiger partial charge in [-0.3, -0.25) is 4.79 Å². The van der Waals surface area contributed by atoms with Crippen molar-refractivity contribution in [2.45, 2.75) is 6.10 Å². The summed E-state index contributed by atoms with van der Waals surface area (Å²) in [5, 5.41) is 3.65. The number of likely N-dealkylation sites (N-methyl/N-ethyl adjacent to an activating group) is 1. The molecule has 1 unspecified atom stereocenters. The number of hydrogen-bond donors (Lipinski definition) is 2. The van der Waals surface area contributed by atoms with Gasteiger partial charge in [0, 0.05) is 25.2 Å². The number of carbonyl (C=O) groups is 1. The Morgan fingerprint density at radius 3 is 3.05 bits per heavy atom. The number of halogens is 1. The number of nitrogens with two attached hydrogens (primary N) is 1. The molecule has 104 valence electrons. The molecule has 1 atom stereocenters. The number of hydrogen-bond acceptors (Lipinski definition) is 4. The largest absolute Gasteiger partial charge is 0.373 e. The highest BCUT2D eigenvalue weighted by atomic mass is 35.5. The van der Waals surface area contributed by atoms with Crippen molar-refractivity contribution in [1.82, 2.24) is 5.32 Å². The minimum absolute atomic E-state index is 0.144. The number of primary amides is 1. The van der Waals surface area contributed by atoms with E-state index in [4.69, 9.17) is 22.1 Å². The molecule has 1 amide bonds. The maximum absolute atomic E-state index is 11.1. The van der Waals surface area contributed by atoms with Gasteiger partial charge in [0.25, 0.3) is 0 Å². The quantitative estimate of drug-likeness (QED) is 0.860. The van der Waals surface area contributed by atoms with Crippen LogP contribution in [0.25, 0.3) is 0 Å². The van der Waals surface area contributed by atoms with E-state index in [1.54, 1.807) is 12.1 Å². The first-order valence-electron chi connectivity index (χ1n) is 6.22. The van der Waals surface area contributed by atoms with Crippen LogP contribution in [0.2, 0.25) is 5.02 Å². The van der Waals surface area contributed by atoms with Crippen molar-refractivity contribution >= 4 is 23.2 Å². The van der Waals surface area contributed by atoms with Crippen LogP contribution in [-0.2, 0) is 4.74 Å². The maximum atomic E-state index is 11.1. The molecule has 0 spiro atoms. The minimum Gasteiger partial charge on any atom is -0.373 e. The fourth-order valence-corrected chi connectivity index (χ4v) is 2.51. The topological polar surface area (TPSA) is 67.6 Å². The Morgan fingerprint density at radius 1 is 1.63 bits per heavy atom. The van der Waals surface area contributed by atoms with Crippen molar-refractivity contribution in [2.75, 3.05) is 38.2 Å². The van der Waals surface area contributed by atoms with E-state index >= 15 is 0 Å². The van der Waals surface area contributed by atoms with Crippen molar-refractivity contribution in [2.24, 2.45) is 5.73 Å². The molecule has 1 fully saturated rings. The second kappa shape index (κ2) is 6.23. The van der Waals surface area contributed by atoms with Crippen molar-refractivity contribution in [3.63, 3.8) is 0 Å². The standard InChI is InChI=1S/C13H18ClN3O2/c1-16-7-10-8-17(4-5-19-10)12-3-2-9(13(15)18)6-11(12)14/h2-3,6,10,16H,4-5,7-8H2,1H3,(H2,15,18). The highest BCUT2D eigenvalue weighted by molar-refractivity contribution is 6.33. The summed E-state index contributed by atoms with van der Waals surface area (Å²) in [6, 6.07) is 5.15. The molecule has 1 saturated heterocycles. The molecule has 3 N–H and O–H groups in total. The molecular weight excluding hydrogens is 266 g/mol. The molecule has 1 heterocycles. The highest BCUT2D eigenvalue weighted by Crippen LogP contribution is 2.28. The molecule has 5 nitrogen and oxygen atoms in total. The van der Waals surface area contributed by atoms with Gasteiger partial charge in [-0.1, -0.05) is 11.6 Å². The summed E-state index contributed by atoms with van der Waals surface area (Å²) in [6.45, 7) is 3.03. The Labute approximate surface area is 117 Å². The van der Waals surface area contributed by atoms with Gasteiger partial charge in [0.15, 0.2) is 0 Å². The Hall–Kier alpha value is -1.30. The number of nitrogens with one attached hydrogen (secondary N) is 1. The summed E-state index contributed by atoms with van der Waals surface area (Å²) in [5.74, 6) is -0.469. The van der Waals surface area contributed by atoms with Gasteiger partial charge in [-0.05, 0) is 25.2 Å². The zero-order valence-corrected chi connectivity index (χ0v) is 11.6. The lowest BCUT2D eigenvalue weighted by atomic mass is 10.1. The van der Waals surface area contributed by atoms with E-state index < -0.39 is 5.91 Å². The number of anilines is 1. The highest BCUT2D eigenvalue weighted by Gasteiger charge is 2.21. The first-order chi connectivity index (χ1) is 9.11. The molecule has 0 saturated carbocycles. The molecule has 1 aromatic carbocycles. The van der Waals surface area contributed by atoms with Gasteiger partial charge < -0.3 is 20.7 Å². The lowest BCUT2D eigenvalue weighted by Crippen LogP contribution is -2.46. The summed E-state index contributed by atoms with van der Waals surface area (Å²) in [4.78, 5) is 13.3. The maximum Gasteiger partial charge on any atom is 0.248 e. The zero-order valence-electron chi connectivity index (χ0n) is 10.9. The first-order valence-corrected chi connectivity index (χ1v) is 6.60. The molecule has 1 aliphatic heterocycles. The zero-order chi connectivity index (χ0) is 13.8. The van der Waals surface area contributed by atoms with E-state index in [1.807, 2.05) is 13.1 Å². The van der Waals surface area contributed by atoms with Crippen molar-refractivity contribution < 1.29 is 9.53 Å². The fourth-order valence-electron chi connectivity index (χ4n) is 2.21. The van der Waals surface area contributed by atoms with E-state index in [9.17, 15) is 4.79 Å². The first kappa shape index (κ1) is 14.1. The van der Waals surface area contributed by atoms with E-state index in [-0.39, 0.29) is 6.10 Å². The molecular formula is C13H18ClN3O2. The third-order valence-electron chi connectivity index (χ3n) is 3.14. The van der Waals surface area contributed by atoms with Gasteiger partial charge in [0.2, 0.25) is 5.91 Å². The summed E-state index contributed by atoms with van der Waals surface area (Å²) >= 11 is 6.23. The van der Waals surface area contributed by atoms with Crippen LogP contribution >= 0.6 is 11.6 Å². The number of amides is 1. The van der Waals surface area contributed by atoms with E-state index in [1.165, 1.54) is 0 Å². The van der Waals surface area contributed by atoms with E-state index in [2.05, 4.69) is 10.2 Å². The molecule has 6 heteroatoms. The van der Waals surface area contributed by atoms with E-state index in [0.717, 1.165) is 25.3 Å². The Balaban J connectivity index is 2.15. The van der Waals surface area contributed by atoms with Crippen LogP contribution in [0.5, 0.6) is 0 Å². The predicted octanol–water partition coefficient (Wildman–Crippen LogP) is 0.864. The number of rotatable bonds is 4. The lowest BCUT2D eigenvalue weighted by molar-refractivity contribution is 0.0422. The number of ether oxygens (including phenoxy) is 1. The smallest absolute Gasteiger partial charge is 0.248 e. The summed E-state index contributed by atoms with van der Waals surface area (Å²) < 4.78 is 5.65. The monoisotopic (exact) mass is 283 g/mol. The van der Waals surface area contributed by atoms with Crippen molar-refractivity contribution in [3.8, 4) is 0 Å². The van der Waals surface area contributed by atoms with Crippen LogP contribution in [0.4, 0.5) is 5.69 Å². The molecule has 2 rings (SSSR count). The average molecular weight is 284 g/mol. The normalized spacial score (nSPS) is 19.5. The predicted molar refractivity (Wildman–Crippen MR) is 75.8 cm³/mol. The van der Waals surface area contributed by atoms with Gasteiger partial charge in [0.05, 0.1) is 23.4 Å².